The Labute approximate surface area is 128 Å². The van der Waals surface area contributed by atoms with Gasteiger partial charge >= 0.3 is 0 Å². The highest BCUT2D eigenvalue weighted by molar-refractivity contribution is 6.30. The Bertz CT molecular complexity index is 737. The Kier molecular flexibility index (Phi) is 3.68. The van der Waals surface area contributed by atoms with Crippen molar-refractivity contribution in [3.8, 4) is 17.7 Å². The van der Waals surface area contributed by atoms with Crippen molar-refractivity contribution in [2.45, 2.75) is 25.7 Å². The van der Waals surface area contributed by atoms with E-state index in [4.69, 9.17) is 22.1 Å². The third-order valence-corrected chi connectivity index (χ3v) is 3.80. The normalized spacial score (nSPS) is 13.3. The van der Waals surface area contributed by atoms with Gasteiger partial charge in [-0.25, -0.2) is 4.98 Å². The molecule has 1 aromatic heterocycles. The molecule has 0 unspecified atom stereocenters. The molecule has 0 spiro atoms. The molecular weight excluding hydrogens is 286 g/mol. The van der Waals surface area contributed by atoms with Crippen LogP contribution in [0.1, 0.15) is 29.7 Å². The number of aryl methyl sites for hydroxylation is 2. The molecule has 1 aromatic carbocycles. The minimum Gasteiger partial charge on any atom is -0.436 e. The summed E-state index contributed by atoms with van der Waals surface area (Å²) in [5, 5.41) is 9.83. The number of rotatable bonds is 2. The molecule has 0 saturated heterocycles. The summed E-state index contributed by atoms with van der Waals surface area (Å²) in [7, 11) is 0. The summed E-state index contributed by atoms with van der Waals surface area (Å²) in [5.41, 5.74) is 8.90. The Morgan fingerprint density at radius 2 is 2.05 bits per heavy atom. The van der Waals surface area contributed by atoms with Crippen molar-refractivity contribution in [1.82, 2.24) is 4.98 Å². The van der Waals surface area contributed by atoms with E-state index in [1.807, 2.05) is 6.07 Å². The number of fused-ring (bicyclic) bond motifs is 1. The van der Waals surface area contributed by atoms with Gasteiger partial charge in [-0.15, -0.1) is 0 Å². The third kappa shape index (κ3) is 2.79. The molecule has 106 valence electrons. The molecular formula is C16H14ClN3O. The van der Waals surface area contributed by atoms with E-state index >= 15 is 0 Å². The van der Waals surface area contributed by atoms with Gasteiger partial charge in [0.25, 0.3) is 0 Å². The first kappa shape index (κ1) is 13.7. The van der Waals surface area contributed by atoms with E-state index in [9.17, 15) is 5.26 Å². The second kappa shape index (κ2) is 5.63. The number of hydrogen-bond acceptors (Lipinski definition) is 4. The number of nitrogens with two attached hydrogens (primary N) is 1. The lowest BCUT2D eigenvalue weighted by Gasteiger charge is -2.17. The Hall–Kier alpha value is -2.25. The number of nitrogens with zero attached hydrogens (tertiary/aromatic N) is 2. The number of benzene rings is 1. The topological polar surface area (TPSA) is 71.9 Å². The van der Waals surface area contributed by atoms with E-state index in [0.717, 1.165) is 36.9 Å². The smallest absolute Gasteiger partial charge is 0.237 e. The van der Waals surface area contributed by atoms with Gasteiger partial charge in [-0.3, -0.25) is 0 Å². The maximum Gasteiger partial charge on any atom is 0.237 e. The summed E-state index contributed by atoms with van der Waals surface area (Å²) >= 11 is 5.87. The lowest BCUT2D eigenvalue weighted by molar-refractivity contribution is 0.458. The second-order valence-electron chi connectivity index (χ2n) is 5.05. The van der Waals surface area contributed by atoms with Gasteiger partial charge in [0.2, 0.25) is 5.88 Å². The standard InChI is InChI=1S/C16H14ClN3O/c17-12-5-6-15(13(19)8-12)21-16-11(9-18)7-10-3-1-2-4-14(10)20-16/h5-8H,1-4,19H2. The van der Waals surface area contributed by atoms with E-state index < -0.39 is 0 Å². The highest BCUT2D eigenvalue weighted by Gasteiger charge is 2.17. The van der Waals surface area contributed by atoms with Gasteiger partial charge < -0.3 is 10.5 Å². The molecule has 0 radical (unpaired) electrons. The number of ether oxygens (including phenoxy) is 1. The summed E-state index contributed by atoms with van der Waals surface area (Å²) in [6.45, 7) is 0. The Morgan fingerprint density at radius 3 is 2.81 bits per heavy atom. The van der Waals surface area contributed by atoms with Crippen LogP contribution < -0.4 is 10.5 Å². The van der Waals surface area contributed by atoms with Crippen LogP contribution in [0, 0.1) is 11.3 Å². The Morgan fingerprint density at radius 1 is 1.24 bits per heavy atom. The fourth-order valence-corrected chi connectivity index (χ4v) is 2.67. The number of nitriles is 1. The van der Waals surface area contributed by atoms with Crippen molar-refractivity contribution < 1.29 is 4.74 Å². The average molecular weight is 300 g/mol. The number of aromatic nitrogens is 1. The number of nitrogen functional groups attached to an aromatic ring is 1. The summed E-state index contributed by atoms with van der Waals surface area (Å²) in [5.74, 6) is 0.770. The van der Waals surface area contributed by atoms with Crippen LogP contribution >= 0.6 is 11.6 Å². The molecule has 2 N–H and O–H groups in total. The maximum atomic E-state index is 9.29. The monoisotopic (exact) mass is 299 g/mol. The molecule has 0 aliphatic heterocycles. The number of hydrogen-bond donors (Lipinski definition) is 1. The predicted molar refractivity (Wildman–Crippen MR) is 81.5 cm³/mol. The van der Waals surface area contributed by atoms with E-state index in [1.54, 1.807) is 18.2 Å². The maximum absolute atomic E-state index is 9.29. The van der Waals surface area contributed by atoms with Crippen molar-refractivity contribution in [2.75, 3.05) is 5.73 Å². The molecule has 1 aliphatic rings. The minimum atomic E-state index is 0.312. The van der Waals surface area contributed by atoms with Crippen molar-refractivity contribution in [1.29, 1.82) is 5.26 Å². The first-order valence-electron chi connectivity index (χ1n) is 6.83. The molecule has 5 heteroatoms. The van der Waals surface area contributed by atoms with Crippen molar-refractivity contribution in [3.05, 3.63) is 46.1 Å². The second-order valence-corrected chi connectivity index (χ2v) is 5.49. The van der Waals surface area contributed by atoms with Gasteiger partial charge in [0.05, 0.1) is 5.69 Å². The largest absolute Gasteiger partial charge is 0.436 e. The molecule has 0 atom stereocenters. The molecule has 21 heavy (non-hydrogen) atoms. The fraction of sp³-hybridized carbons (Fsp3) is 0.250. The average Bonchev–Trinajstić information content (AvgIpc) is 2.49. The molecule has 4 nitrogen and oxygen atoms in total. The first-order chi connectivity index (χ1) is 10.2. The highest BCUT2D eigenvalue weighted by Crippen LogP contribution is 2.32. The molecule has 0 fully saturated rings. The molecule has 1 aliphatic carbocycles. The number of halogens is 1. The van der Waals surface area contributed by atoms with Gasteiger partial charge in [0, 0.05) is 10.7 Å². The Balaban J connectivity index is 1.99. The van der Waals surface area contributed by atoms with Crippen LogP contribution in [-0.4, -0.2) is 4.98 Å². The molecule has 0 saturated carbocycles. The van der Waals surface area contributed by atoms with E-state index in [2.05, 4.69) is 11.1 Å². The van der Waals surface area contributed by atoms with E-state index in [1.165, 1.54) is 0 Å². The fourth-order valence-electron chi connectivity index (χ4n) is 2.49. The lowest BCUT2D eigenvalue weighted by atomic mass is 9.95. The summed E-state index contributed by atoms with van der Waals surface area (Å²) in [6, 6.07) is 9.01. The minimum absolute atomic E-state index is 0.312. The summed E-state index contributed by atoms with van der Waals surface area (Å²) in [6.07, 6.45) is 4.16. The number of anilines is 1. The van der Waals surface area contributed by atoms with Crippen LogP contribution in [0.4, 0.5) is 5.69 Å². The van der Waals surface area contributed by atoms with Crippen LogP contribution in [-0.2, 0) is 12.8 Å². The van der Waals surface area contributed by atoms with Gasteiger partial charge in [-0.05, 0) is 55.5 Å². The third-order valence-electron chi connectivity index (χ3n) is 3.56. The van der Waals surface area contributed by atoms with Gasteiger partial charge in [0.1, 0.15) is 11.6 Å². The van der Waals surface area contributed by atoms with Crippen LogP contribution in [0.5, 0.6) is 11.6 Å². The molecule has 0 amide bonds. The lowest BCUT2D eigenvalue weighted by Crippen LogP contribution is -2.07. The predicted octanol–water partition coefficient (Wildman–Crippen LogP) is 3.86. The zero-order chi connectivity index (χ0) is 14.8. The van der Waals surface area contributed by atoms with Crippen LogP contribution in [0.3, 0.4) is 0 Å². The number of pyridine rings is 1. The quantitative estimate of drug-likeness (QED) is 0.855. The zero-order valence-electron chi connectivity index (χ0n) is 11.4. The van der Waals surface area contributed by atoms with Crippen molar-refractivity contribution in [3.63, 3.8) is 0 Å². The molecule has 1 heterocycles. The molecule has 3 rings (SSSR count). The van der Waals surface area contributed by atoms with Gasteiger partial charge in [0.15, 0.2) is 5.75 Å². The SMILES string of the molecule is N#Cc1cc2c(nc1Oc1ccc(Cl)cc1N)CCCC2. The van der Waals surface area contributed by atoms with Crippen LogP contribution in [0.15, 0.2) is 24.3 Å². The highest BCUT2D eigenvalue weighted by atomic mass is 35.5. The van der Waals surface area contributed by atoms with Crippen LogP contribution in [0.25, 0.3) is 0 Å². The zero-order valence-corrected chi connectivity index (χ0v) is 12.2. The van der Waals surface area contributed by atoms with E-state index in [0.29, 0.717) is 27.9 Å². The molecule has 2 aromatic rings. The summed E-state index contributed by atoms with van der Waals surface area (Å²) in [4.78, 5) is 4.51. The van der Waals surface area contributed by atoms with Gasteiger partial charge in [-0.1, -0.05) is 11.6 Å². The van der Waals surface area contributed by atoms with Crippen LogP contribution in [0.2, 0.25) is 5.02 Å². The van der Waals surface area contributed by atoms with E-state index in [-0.39, 0.29) is 0 Å². The van der Waals surface area contributed by atoms with Gasteiger partial charge in [-0.2, -0.15) is 5.26 Å². The van der Waals surface area contributed by atoms with Crippen molar-refractivity contribution >= 4 is 17.3 Å². The molecule has 0 bridgehead atoms. The summed E-state index contributed by atoms with van der Waals surface area (Å²) < 4.78 is 5.73. The van der Waals surface area contributed by atoms with Crippen molar-refractivity contribution in [2.24, 2.45) is 0 Å². The first-order valence-corrected chi connectivity index (χ1v) is 7.21.